The Morgan fingerprint density at radius 2 is 2.05 bits per heavy atom. The number of anilines is 2. The molecule has 0 radical (unpaired) electrons. The van der Waals surface area contributed by atoms with Gasteiger partial charge in [0.1, 0.15) is 29.6 Å². The van der Waals surface area contributed by atoms with E-state index in [0.717, 1.165) is 6.42 Å². The number of rotatable bonds is 6. The van der Waals surface area contributed by atoms with Gasteiger partial charge >= 0.3 is 6.01 Å². The number of phenolic OH excluding ortho intramolecular Hbond substituents is 1. The van der Waals surface area contributed by atoms with E-state index in [1.807, 2.05) is 23.8 Å². The number of ether oxygens (including phenoxy) is 2. The molecule has 1 aromatic heterocycles. The van der Waals surface area contributed by atoms with Crippen molar-refractivity contribution in [1.82, 2.24) is 14.9 Å². The number of phenols is 1. The molecule has 2 N–H and O–H groups in total. The number of hydrogen-bond acceptors (Lipinski definition) is 9. The van der Waals surface area contributed by atoms with Crippen molar-refractivity contribution in [2.45, 2.75) is 44.9 Å². The molecule has 11 heteroatoms. The predicted molar refractivity (Wildman–Crippen MR) is 148 cm³/mol. The number of hydrogen-bond donors (Lipinski definition) is 2. The predicted octanol–water partition coefficient (Wildman–Crippen LogP) is 2.87. The topological polar surface area (TPSA) is 111 Å². The SMILES string of the molecule is CCc1c(F)ccc2cc(O)cc(N3Cc4nc(OCC5CC(O)CN5C)nc(N5CCCOCC5)c4C3=O)c12. The third-order valence-corrected chi connectivity index (χ3v) is 8.08. The molecule has 3 aliphatic heterocycles. The number of aromatic hydroxyl groups is 1. The van der Waals surface area contributed by atoms with Crippen molar-refractivity contribution in [3.63, 3.8) is 0 Å². The lowest BCUT2D eigenvalue weighted by atomic mass is 9.99. The number of aromatic nitrogens is 2. The van der Waals surface area contributed by atoms with Crippen LogP contribution in [0.5, 0.6) is 11.8 Å². The average Bonchev–Trinajstić information content (AvgIpc) is 3.29. The molecule has 1 amide bonds. The monoisotopic (exact) mass is 551 g/mol. The Labute approximate surface area is 231 Å². The molecule has 3 aliphatic rings. The number of amides is 1. The molecule has 0 bridgehead atoms. The smallest absolute Gasteiger partial charge is 0.318 e. The summed E-state index contributed by atoms with van der Waals surface area (Å²) in [6.07, 6.45) is 1.42. The van der Waals surface area contributed by atoms with Crippen LogP contribution < -0.4 is 14.5 Å². The molecule has 0 aliphatic carbocycles. The van der Waals surface area contributed by atoms with Crippen LogP contribution in [0, 0.1) is 5.82 Å². The second kappa shape index (κ2) is 10.8. The Kier molecular flexibility index (Phi) is 7.20. The molecule has 4 heterocycles. The zero-order chi connectivity index (χ0) is 28.0. The van der Waals surface area contributed by atoms with Gasteiger partial charge in [-0.05, 0) is 49.4 Å². The summed E-state index contributed by atoms with van der Waals surface area (Å²) < 4.78 is 26.6. The third kappa shape index (κ3) is 4.82. The molecule has 2 fully saturated rings. The molecule has 2 unspecified atom stereocenters. The second-order valence-corrected chi connectivity index (χ2v) is 10.7. The van der Waals surface area contributed by atoms with Crippen LogP contribution in [0.1, 0.15) is 41.4 Å². The number of aliphatic hydroxyl groups is 1. The van der Waals surface area contributed by atoms with Crippen LogP contribution >= 0.6 is 0 Å². The Balaban J connectivity index is 1.41. The maximum absolute atomic E-state index is 14.9. The fraction of sp³-hybridized carbons (Fsp3) is 0.483. The molecule has 40 heavy (non-hydrogen) atoms. The fourth-order valence-electron chi connectivity index (χ4n) is 6.06. The van der Waals surface area contributed by atoms with Gasteiger partial charge in [0.2, 0.25) is 0 Å². The van der Waals surface area contributed by atoms with Crippen LogP contribution in [-0.4, -0.2) is 89.6 Å². The van der Waals surface area contributed by atoms with E-state index in [9.17, 15) is 19.4 Å². The summed E-state index contributed by atoms with van der Waals surface area (Å²) in [4.78, 5) is 29.1. The van der Waals surface area contributed by atoms with Crippen molar-refractivity contribution in [2.24, 2.45) is 0 Å². The number of nitrogens with zero attached hydrogens (tertiary/aromatic N) is 5. The van der Waals surface area contributed by atoms with Crippen LogP contribution in [0.3, 0.4) is 0 Å². The van der Waals surface area contributed by atoms with E-state index in [4.69, 9.17) is 14.5 Å². The lowest BCUT2D eigenvalue weighted by Gasteiger charge is -2.24. The fourth-order valence-corrected chi connectivity index (χ4v) is 6.06. The lowest BCUT2D eigenvalue weighted by Crippen LogP contribution is -2.32. The standard InChI is InChI=1S/C29H34FN5O5/c1-3-21-22(30)6-5-17-11-19(36)13-24(25(17)21)35-15-23-26(28(35)38)27(34-7-4-9-39-10-8-34)32-29(31-23)40-16-18-12-20(37)14-33(18)2/h5-6,11,13,18,20,36-37H,3-4,7-10,12,14-16H2,1-2H3. The van der Waals surface area contributed by atoms with Gasteiger partial charge in [-0.25, -0.2) is 4.39 Å². The van der Waals surface area contributed by atoms with Crippen molar-refractivity contribution < 1.29 is 28.9 Å². The number of aliphatic hydroxyl groups excluding tert-OH is 1. The lowest BCUT2D eigenvalue weighted by molar-refractivity contribution is 0.0996. The van der Waals surface area contributed by atoms with Crippen molar-refractivity contribution in [3.05, 3.63) is 46.9 Å². The Morgan fingerprint density at radius 3 is 2.83 bits per heavy atom. The summed E-state index contributed by atoms with van der Waals surface area (Å²) >= 11 is 0. The first-order valence-electron chi connectivity index (χ1n) is 13.8. The third-order valence-electron chi connectivity index (χ3n) is 8.08. The zero-order valence-corrected chi connectivity index (χ0v) is 22.8. The van der Waals surface area contributed by atoms with E-state index in [-0.39, 0.29) is 36.1 Å². The zero-order valence-electron chi connectivity index (χ0n) is 22.8. The summed E-state index contributed by atoms with van der Waals surface area (Å²) in [5, 5.41) is 21.8. The minimum Gasteiger partial charge on any atom is -0.508 e. The van der Waals surface area contributed by atoms with Crippen molar-refractivity contribution >= 4 is 28.2 Å². The number of carbonyl (C=O) groups excluding carboxylic acids is 1. The molecule has 6 rings (SSSR count). The summed E-state index contributed by atoms with van der Waals surface area (Å²) in [7, 11) is 1.94. The normalized spacial score (nSPS) is 21.8. The van der Waals surface area contributed by atoms with E-state index >= 15 is 0 Å². The van der Waals surface area contributed by atoms with Gasteiger partial charge in [0.15, 0.2) is 0 Å². The van der Waals surface area contributed by atoms with Crippen molar-refractivity contribution in [3.8, 4) is 11.8 Å². The summed E-state index contributed by atoms with van der Waals surface area (Å²) in [5.74, 6) is -0.181. The van der Waals surface area contributed by atoms with Crippen molar-refractivity contribution in [1.29, 1.82) is 0 Å². The molecule has 2 atom stereocenters. The molecule has 2 aromatic carbocycles. The Bertz CT molecular complexity index is 1440. The number of halogens is 1. The highest BCUT2D eigenvalue weighted by atomic mass is 19.1. The summed E-state index contributed by atoms with van der Waals surface area (Å²) in [6, 6.07) is 6.30. The van der Waals surface area contributed by atoms with Crippen LogP contribution in [0.2, 0.25) is 0 Å². The van der Waals surface area contributed by atoms with E-state index in [1.54, 1.807) is 17.0 Å². The average molecular weight is 552 g/mol. The maximum Gasteiger partial charge on any atom is 0.318 e. The highest BCUT2D eigenvalue weighted by Gasteiger charge is 2.38. The first-order valence-corrected chi connectivity index (χ1v) is 13.8. The van der Waals surface area contributed by atoms with Gasteiger partial charge in [-0.3, -0.25) is 9.69 Å². The Morgan fingerprint density at radius 1 is 1.20 bits per heavy atom. The van der Waals surface area contributed by atoms with Gasteiger partial charge in [0.25, 0.3) is 5.91 Å². The molecule has 0 spiro atoms. The summed E-state index contributed by atoms with van der Waals surface area (Å²) in [6.45, 7) is 5.25. The van der Waals surface area contributed by atoms with Gasteiger partial charge in [0, 0.05) is 43.7 Å². The highest BCUT2D eigenvalue weighted by Crippen LogP contribution is 2.41. The molecular weight excluding hydrogens is 517 g/mol. The molecule has 10 nitrogen and oxygen atoms in total. The molecule has 212 valence electrons. The van der Waals surface area contributed by atoms with E-state index in [2.05, 4.69) is 4.98 Å². The number of benzene rings is 2. The van der Waals surface area contributed by atoms with Crippen LogP contribution in [0.25, 0.3) is 10.8 Å². The van der Waals surface area contributed by atoms with Gasteiger partial charge in [0.05, 0.1) is 30.6 Å². The highest BCUT2D eigenvalue weighted by molar-refractivity contribution is 6.16. The molecule has 3 aromatic rings. The number of likely N-dealkylation sites (N-methyl/N-ethyl adjacent to an activating group) is 1. The Hall–Kier alpha value is -3.54. The molecular formula is C29H34FN5O5. The van der Waals surface area contributed by atoms with E-state index in [0.29, 0.717) is 91.4 Å². The number of fused-ring (bicyclic) bond motifs is 2. The molecule has 0 saturated carbocycles. The summed E-state index contributed by atoms with van der Waals surface area (Å²) in [5.41, 5.74) is 1.82. The van der Waals surface area contributed by atoms with Crippen LogP contribution in [-0.2, 0) is 17.7 Å². The van der Waals surface area contributed by atoms with E-state index in [1.165, 1.54) is 12.1 Å². The molecule has 2 saturated heterocycles. The van der Waals surface area contributed by atoms with Crippen LogP contribution in [0.4, 0.5) is 15.9 Å². The second-order valence-electron chi connectivity index (χ2n) is 10.7. The van der Waals surface area contributed by atoms with Crippen molar-refractivity contribution in [2.75, 3.05) is 56.3 Å². The van der Waals surface area contributed by atoms with Gasteiger partial charge in [-0.15, -0.1) is 0 Å². The quantitative estimate of drug-likeness (QED) is 0.478. The van der Waals surface area contributed by atoms with Gasteiger partial charge in [-0.2, -0.15) is 9.97 Å². The number of likely N-dealkylation sites (tertiary alicyclic amines) is 1. The maximum atomic E-state index is 14.9. The van der Waals surface area contributed by atoms with Gasteiger partial charge < -0.3 is 29.5 Å². The van der Waals surface area contributed by atoms with E-state index < -0.39 is 6.10 Å². The number of β-amino-alcohol motifs (C(OH)–C–C–N with tert-alkyl or cyclic N) is 1. The first-order chi connectivity index (χ1) is 19.3. The minimum absolute atomic E-state index is 0.0113. The largest absolute Gasteiger partial charge is 0.508 e. The minimum atomic E-state index is -0.395. The van der Waals surface area contributed by atoms with Crippen LogP contribution in [0.15, 0.2) is 24.3 Å². The number of carbonyl (C=O) groups is 1. The first kappa shape index (κ1) is 26.7. The van der Waals surface area contributed by atoms with Gasteiger partial charge in [-0.1, -0.05) is 13.0 Å². The number of aryl methyl sites for hydroxylation is 1.